The average Bonchev–Trinajstić information content (AvgIpc) is 3.38. The number of carbonyl (C=O) groups excluding carboxylic acids is 2. The number of ether oxygens (including phenoxy) is 3. The van der Waals surface area contributed by atoms with Crippen LogP contribution in [0.2, 0.25) is 0 Å². The molecule has 240 valence electrons. The number of aliphatic hydroxyl groups excluding tert-OH is 1. The number of alkyl carbamates (subject to hydrolysis) is 1. The minimum absolute atomic E-state index is 0.164. The van der Waals surface area contributed by atoms with E-state index in [9.17, 15) is 14.7 Å². The SMILES string of the molecule is C=CCN(C(=O)OCc1ccccc1)[C@@H]1C[C@H](NCC(O)C(Cc2ccccc2)NC(=O)OC(C)(C)C)c2cc(OC)ccc21. The van der Waals surface area contributed by atoms with Gasteiger partial charge in [-0.15, -0.1) is 6.58 Å². The molecular weight excluding hydrogens is 570 g/mol. The van der Waals surface area contributed by atoms with Crippen LogP contribution >= 0.6 is 0 Å². The van der Waals surface area contributed by atoms with E-state index in [0.717, 1.165) is 22.3 Å². The molecule has 0 fully saturated rings. The summed E-state index contributed by atoms with van der Waals surface area (Å²) in [6, 6.07) is 23.9. The first-order valence-electron chi connectivity index (χ1n) is 15.3. The van der Waals surface area contributed by atoms with Crippen LogP contribution in [-0.4, -0.2) is 60.1 Å². The fourth-order valence-electron chi connectivity index (χ4n) is 5.54. The number of fused-ring (bicyclic) bond motifs is 1. The van der Waals surface area contributed by atoms with Gasteiger partial charge in [0.2, 0.25) is 0 Å². The summed E-state index contributed by atoms with van der Waals surface area (Å²) in [4.78, 5) is 27.8. The van der Waals surface area contributed by atoms with Crippen LogP contribution in [0.4, 0.5) is 9.59 Å². The third kappa shape index (κ3) is 9.57. The van der Waals surface area contributed by atoms with Crippen molar-refractivity contribution in [2.45, 2.75) is 70.1 Å². The highest BCUT2D eigenvalue weighted by molar-refractivity contribution is 5.69. The highest BCUT2D eigenvalue weighted by Crippen LogP contribution is 2.44. The summed E-state index contributed by atoms with van der Waals surface area (Å²) in [5.74, 6) is 0.692. The zero-order chi connectivity index (χ0) is 32.4. The van der Waals surface area contributed by atoms with Crippen LogP contribution < -0.4 is 15.4 Å². The first-order valence-corrected chi connectivity index (χ1v) is 15.3. The van der Waals surface area contributed by atoms with Crippen molar-refractivity contribution < 1.29 is 28.9 Å². The number of rotatable bonds is 13. The Labute approximate surface area is 266 Å². The Balaban J connectivity index is 1.50. The van der Waals surface area contributed by atoms with Gasteiger partial charge in [0.15, 0.2) is 0 Å². The number of nitrogens with one attached hydrogen (secondary N) is 2. The van der Waals surface area contributed by atoms with Crippen molar-refractivity contribution in [2.24, 2.45) is 0 Å². The molecule has 3 N–H and O–H groups in total. The maximum Gasteiger partial charge on any atom is 0.410 e. The maximum atomic E-state index is 13.4. The van der Waals surface area contributed by atoms with E-state index in [0.29, 0.717) is 25.1 Å². The molecular formula is C36H45N3O6. The summed E-state index contributed by atoms with van der Waals surface area (Å²) in [7, 11) is 1.61. The molecule has 0 saturated heterocycles. The molecule has 0 aliphatic heterocycles. The molecule has 0 radical (unpaired) electrons. The van der Waals surface area contributed by atoms with Crippen molar-refractivity contribution in [1.82, 2.24) is 15.5 Å². The molecule has 0 aromatic heterocycles. The lowest BCUT2D eigenvalue weighted by Crippen LogP contribution is -2.50. The predicted octanol–water partition coefficient (Wildman–Crippen LogP) is 6.09. The third-order valence-electron chi connectivity index (χ3n) is 7.67. The van der Waals surface area contributed by atoms with E-state index in [-0.39, 0.29) is 25.2 Å². The zero-order valence-corrected chi connectivity index (χ0v) is 26.6. The van der Waals surface area contributed by atoms with Crippen LogP contribution in [0.3, 0.4) is 0 Å². The Morgan fingerprint density at radius 2 is 1.69 bits per heavy atom. The molecule has 2 amide bonds. The standard InChI is InChI=1S/C36H45N3O6/c1-6-19-39(35(42)44-24-26-15-11-8-12-16-26)32-22-30(29-21-27(43-5)17-18-28(29)32)37-23-33(40)31(20-25-13-9-7-10-14-25)38-34(41)45-36(2,3)4/h6-18,21,30-33,37,40H,1,19-20,22-24H2,2-5H3,(H,38,41)/t30-,31?,32+,33?/m0/s1. The van der Waals surface area contributed by atoms with E-state index in [1.165, 1.54) is 0 Å². The fourth-order valence-corrected chi connectivity index (χ4v) is 5.54. The summed E-state index contributed by atoms with van der Waals surface area (Å²) in [6.45, 7) is 9.91. The van der Waals surface area contributed by atoms with E-state index >= 15 is 0 Å². The molecule has 9 heteroatoms. The normalized spacial score (nSPS) is 17.0. The first kappa shape index (κ1) is 33.6. The van der Waals surface area contributed by atoms with Gasteiger partial charge in [-0.05, 0) is 68.0 Å². The Morgan fingerprint density at radius 3 is 2.31 bits per heavy atom. The third-order valence-corrected chi connectivity index (χ3v) is 7.67. The van der Waals surface area contributed by atoms with Crippen molar-refractivity contribution in [3.8, 4) is 5.75 Å². The minimum Gasteiger partial charge on any atom is -0.497 e. The smallest absolute Gasteiger partial charge is 0.410 e. The summed E-state index contributed by atoms with van der Waals surface area (Å²) in [5.41, 5.74) is 3.14. The highest BCUT2D eigenvalue weighted by atomic mass is 16.6. The average molecular weight is 616 g/mol. The van der Waals surface area contributed by atoms with Crippen LogP contribution in [0.5, 0.6) is 5.75 Å². The number of carbonyl (C=O) groups is 2. The molecule has 3 aromatic rings. The number of hydrogen-bond acceptors (Lipinski definition) is 7. The fraction of sp³-hybridized carbons (Fsp3) is 0.389. The largest absolute Gasteiger partial charge is 0.497 e. The van der Waals surface area contributed by atoms with Gasteiger partial charge in [-0.2, -0.15) is 0 Å². The van der Waals surface area contributed by atoms with Crippen LogP contribution in [0, 0.1) is 0 Å². The van der Waals surface area contributed by atoms with Crippen molar-refractivity contribution in [3.05, 3.63) is 114 Å². The minimum atomic E-state index is -0.939. The molecule has 2 unspecified atom stereocenters. The van der Waals surface area contributed by atoms with Gasteiger partial charge >= 0.3 is 12.2 Å². The van der Waals surface area contributed by atoms with Gasteiger partial charge in [0, 0.05) is 19.1 Å². The zero-order valence-electron chi connectivity index (χ0n) is 26.6. The second kappa shape index (κ2) is 15.6. The quantitative estimate of drug-likeness (QED) is 0.200. The van der Waals surface area contributed by atoms with Crippen LogP contribution in [0.15, 0.2) is 91.5 Å². The topological polar surface area (TPSA) is 109 Å². The molecule has 0 heterocycles. The second-order valence-corrected chi connectivity index (χ2v) is 12.2. The predicted molar refractivity (Wildman–Crippen MR) is 174 cm³/mol. The van der Waals surface area contributed by atoms with E-state index < -0.39 is 29.9 Å². The first-order chi connectivity index (χ1) is 21.6. The summed E-state index contributed by atoms with van der Waals surface area (Å²) >= 11 is 0. The Morgan fingerprint density at radius 1 is 1.02 bits per heavy atom. The number of aliphatic hydroxyl groups is 1. The monoisotopic (exact) mass is 615 g/mol. The van der Waals surface area contributed by atoms with Gasteiger partial charge in [0.25, 0.3) is 0 Å². The number of amides is 2. The highest BCUT2D eigenvalue weighted by Gasteiger charge is 2.38. The molecule has 4 rings (SSSR count). The van der Waals surface area contributed by atoms with Crippen molar-refractivity contribution in [2.75, 3.05) is 20.2 Å². The van der Waals surface area contributed by atoms with Crippen LogP contribution in [0.25, 0.3) is 0 Å². The van der Waals surface area contributed by atoms with Crippen molar-refractivity contribution in [3.63, 3.8) is 0 Å². The maximum absolute atomic E-state index is 13.4. The van der Waals surface area contributed by atoms with E-state index in [2.05, 4.69) is 17.2 Å². The van der Waals surface area contributed by atoms with Crippen molar-refractivity contribution >= 4 is 12.2 Å². The van der Waals surface area contributed by atoms with Gasteiger partial charge in [-0.3, -0.25) is 4.90 Å². The molecule has 0 spiro atoms. The lowest BCUT2D eigenvalue weighted by Gasteiger charge is -2.29. The summed E-state index contributed by atoms with van der Waals surface area (Å²) < 4.78 is 16.7. The van der Waals surface area contributed by atoms with E-state index in [4.69, 9.17) is 14.2 Å². The summed E-state index contributed by atoms with van der Waals surface area (Å²) in [6.07, 6.45) is 0.690. The molecule has 45 heavy (non-hydrogen) atoms. The van der Waals surface area contributed by atoms with Gasteiger partial charge in [-0.1, -0.05) is 72.8 Å². The lowest BCUT2D eigenvalue weighted by molar-refractivity contribution is 0.0419. The Bertz CT molecular complexity index is 1410. The lowest BCUT2D eigenvalue weighted by atomic mass is 10.0. The van der Waals surface area contributed by atoms with Gasteiger partial charge in [0.05, 0.1) is 25.3 Å². The van der Waals surface area contributed by atoms with Crippen LogP contribution in [-0.2, 0) is 22.5 Å². The number of hydrogen-bond donors (Lipinski definition) is 3. The van der Waals surface area contributed by atoms with Gasteiger partial charge in [0.1, 0.15) is 18.0 Å². The van der Waals surface area contributed by atoms with Crippen LogP contribution in [0.1, 0.15) is 61.5 Å². The number of methoxy groups -OCH3 is 1. The number of benzene rings is 3. The number of nitrogens with zero attached hydrogens (tertiary/aromatic N) is 1. The molecule has 4 atom stereocenters. The molecule has 1 aliphatic rings. The van der Waals surface area contributed by atoms with E-state index in [1.54, 1.807) is 38.9 Å². The molecule has 1 aliphatic carbocycles. The molecule has 0 saturated carbocycles. The van der Waals surface area contributed by atoms with Gasteiger partial charge < -0.3 is 30.0 Å². The van der Waals surface area contributed by atoms with E-state index in [1.807, 2.05) is 78.9 Å². The Hall–Kier alpha value is -4.34. The Kier molecular flexibility index (Phi) is 11.6. The van der Waals surface area contributed by atoms with Crippen molar-refractivity contribution in [1.29, 1.82) is 0 Å². The summed E-state index contributed by atoms with van der Waals surface area (Å²) in [5, 5.41) is 17.8. The molecule has 9 nitrogen and oxygen atoms in total. The molecule has 0 bridgehead atoms. The second-order valence-electron chi connectivity index (χ2n) is 12.2. The molecule has 3 aromatic carbocycles. The van der Waals surface area contributed by atoms with Gasteiger partial charge in [-0.25, -0.2) is 9.59 Å².